The van der Waals surface area contributed by atoms with Gasteiger partial charge in [-0.05, 0) is 17.5 Å². The average Bonchev–Trinajstić information content (AvgIpc) is 2.47. The molecule has 0 aliphatic carbocycles. The standard InChI is InChI=1S/C16H16O2/c1-2-15(17)16(18)14-10-8-13(9-11-14)12-6-4-3-5-7-12/h3-11,15,17H,2H2,1H3. The Morgan fingerprint density at radius 2 is 1.56 bits per heavy atom. The highest BCUT2D eigenvalue weighted by Crippen LogP contribution is 2.19. The van der Waals surface area contributed by atoms with E-state index in [2.05, 4.69) is 0 Å². The first-order valence-electron chi connectivity index (χ1n) is 6.10. The van der Waals surface area contributed by atoms with Crippen molar-refractivity contribution in [1.29, 1.82) is 0 Å². The molecular formula is C16H16O2. The van der Waals surface area contributed by atoms with E-state index in [9.17, 15) is 9.90 Å². The molecule has 2 aromatic rings. The third kappa shape index (κ3) is 2.66. The Kier molecular flexibility index (Phi) is 3.90. The number of hydrogen-bond acceptors (Lipinski definition) is 2. The second-order valence-electron chi connectivity index (χ2n) is 4.23. The Hall–Kier alpha value is -1.93. The molecule has 0 heterocycles. The summed E-state index contributed by atoms with van der Waals surface area (Å²) < 4.78 is 0. The van der Waals surface area contributed by atoms with E-state index in [0.717, 1.165) is 11.1 Å². The second-order valence-corrected chi connectivity index (χ2v) is 4.23. The molecule has 1 unspecified atom stereocenters. The Bertz CT molecular complexity index is 515. The normalized spacial score (nSPS) is 12.1. The van der Waals surface area contributed by atoms with E-state index < -0.39 is 6.10 Å². The lowest BCUT2D eigenvalue weighted by Crippen LogP contribution is -2.18. The summed E-state index contributed by atoms with van der Waals surface area (Å²) in [5.41, 5.74) is 2.75. The van der Waals surface area contributed by atoms with Crippen molar-refractivity contribution in [3.05, 3.63) is 60.2 Å². The third-order valence-corrected chi connectivity index (χ3v) is 2.97. The minimum atomic E-state index is -0.896. The number of hydrogen-bond donors (Lipinski definition) is 1. The number of aliphatic hydroxyl groups is 1. The summed E-state index contributed by atoms with van der Waals surface area (Å²) in [5.74, 6) is -0.211. The van der Waals surface area contributed by atoms with Crippen molar-refractivity contribution in [3.8, 4) is 11.1 Å². The highest BCUT2D eigenvalue weighted by atomic mass is 16.3. The van der Waals surface area contributed by atoms with Crippen LogP contribution in [0.2, 0.25) is 0 Å². The van der Waals surface area contributed by atoms with Gasteiger partial charge in [0.2, 0.25) is 0 Å². The monoisotopic (exact) mass is 240 g/mol. The fourth-order valence-electron chi connectivity index (χ4n) is 1.84. The molecule has 0 aliphatic heterocycles. The van der Waals surface area contributed by atoms with Crippen LogP contribution in [0.15, 0.2) is 54.6 Å². The van der Waals surface area contributed by atoms with Crippen LogP contribution in [0.5, 0.6) is 0 Å². The largest absolute Gasteiger partial charge is 0.385 e. The Morgan fingerprint density at radius 3 is 2.11 bits per heavy atom. The summed E-state index contributed by atoms with van der Waals surface area (Å²) in [6.07, 6.45) is -0.452. The van der Waals surface area contributed by atoms with Gasteiger partial charge in [0.1, 0.15) is 6.10 Å². The third-order valence-electron chi connectivity index (χ3n) is 2.97. The van der Waals surface area contributed by atoms with Crippen molar-refractivity contribution < 1.29 is 9.90 Å². The second kappa shape index (κ2) is 5.61. The highest BCUT2D eigenvalue weighted by Gasteiger charge is 2.14. The van der Waals surface area contributed by atoms with Crippen molar-refractivity contribution >= 4 is 5.78 Å². The first-order chi connectivity index (χ1) is 8.72. The number of carbonyl (C=O) groups excluding carboxylic acids is 1. The summed E-state index contributed by atoms with van der Waals surface area (Å²) in [6, 6.07) is 17.3. The number of benzene rings is 2. The molecule has 0 amide bonds. The molecule has 1 atom stereocenters. The number of carbonyl (C=O) groups is 1. The van der Waals surface area contributed by atoms with Crippen LogP contribution in [0, 0.1) is 0 Å². The van der Waals surface area contributed by atoms with E-state index in [4.69, 9.17) is 0 Å². The highest BCUT2D eigenvalue weighted by molar-refractivity contribution is 5.99. The van der Waals surface area contributed by atoms with Gasteiger partial charge in [-0.3, -0.25) is 4.79 Å². The maximum atomic E-state index is 11.8. The molecular weight excluding hydrogens is 224 g/mol. The van der Waals surface area contributed by atoms with Gasteiger partial charge in [0.25, 0.3) is 0 Å². The zero-order valence-electron chi connectivity index (χ0n) is 10.3. The Labute approximate surface area is 107 Å². The van der Waals surface area contributed by atoms with Gasteiger partial charge in [-0.25, -0.2) is 0 Å². The molecule has 92 valence electrons. The van der Waals surface area contributed by atoms with E-state index in [-0.39, 0.29) is 5.78 Å². The zero-order chi connectivity index (χ0) is 13.0. The molecule has 0 radical (unpaired) electrons. The van der Waals surface area contributed by atoms with Gasteiger partial charge in [0.15, 0.2) is 5.78 Å². The Morgan fingerprint density at radius 1 is 1.00 bits per heavy atom. The maximum absolute atomic E-state index is 11.8. The number of Topliss-reactive ketones (excluding diaryl/α,β-unsaturated/α-hetero) is 1. The fraction of sp³-hybridized carbons (Fsp3) is 0.188. The average molecular weight is 240 g/mol. The molecule has 1 N–H and O–H groups in total. The van der Waals surface area contributed by atoms with Crippen molar-refractivity contribution in [2.75, 3.05) is 0 Å². The predicted molar refractivity (Wildman–Crippen MR) is 72.5 cm³/mol. The fourth-order valence-corrected chi connectivity index (χ4v) is 1.84. The van der Waals surface area contributed by atoms with Crippen LogP contribution in [-0.4, -0.2) is 17.0 Å². The van der Waals surface area contributed by atoms with Gasteiger partial charge in [0.05, 0.1) is 0 Å². The quantitative estimate of drug-likeness (QED) is 0.832. The molecule has 0 aromatic heterocycles. The number of aliphatic hydroxyl groups excluding tert-OH is 1. The van der Waals surface area contributed by atoms with E-state index in [1.165, 1.54) is 0 Å². The topological polar surface area (TPSA) is 37.3 Å². The van der Waals surface area contributed by atoms with Gasteiger partial charge in [-0.15, -0.1) is 0 Å². The molecule has 2 heteroatoms. The van der Waals surface area contributed by atoms with E-state index in [1.807, 2.05) is 42.5 Å². The van der Waals surface area contributed by atoms with Crippen LogP contribution in [0.25, 0.3) is 11.1 Å². The molecule has 2 rings (SSSR count). The van der Waals surface area contributed by atoms with Crippen molar-refractivity contribution in [1.82, 2.24) is 0 Å². The maximum Gasteiger partial charge on any atom is 0.191 e. The summed E-state index contributed by atoms with van der Waals surface area (Å²) in [5, 5.41) is 9.52. The minimum Gasteiger partial charge on any atom is -0.385 e. The van der Waals surface area contributed by atoms with E-state index in [0.29, 0.717) is 12.0 Å². The van der Waals surface area contributed by atoms with E-state index in [1.54, 1.807) is 19.1 Å². The molecule has 0 fully saturated rings. The zero-order valence-corrected chi connectivity index (χ0v) is 10.3. The van der Waals surface area contributed by atoms with Crippen molar-refractivity contribution in [2.24, 2.45) is 0 Å². The van der Waals surface area contributed by atoms with Gasteiger partial charge >= 0.3 is 0 Å². The van der Waals surface area contributed by atoms with Crippen molar-refractivity contribution in [3.63, 3.8) is 0 Å². The summed E-state index contributed by atoms with van der Waals surface area (Å²) in [6.45, 7) is 1.79. The van der Waals surface area contributed by atoms with Crippen LogP contribution < -0.4 is 0 Å². The molecule has 0 bridgehead atoms. The summed E-state index contributed by atoms with van der Waals surface area (Å²) >= 11 is 0. The Balaban J connectivity index is 2.23. The lowest BCUT2D eigenvalue weighted by molar-refractivity contribution is 0.0741. The molecule has 0 saturated carbocycles. The first-order valence-corrected chi connectivity index (χ1v) is 6.10. The van der Waals surface area contributed by atoms with Gasteiger partial charge < -0.3 is 5.11 Å². The smallest absolute Gasteiger partial charge is 0.191 e. The van der Waals surface area contributed by atoms with E-state index >= 15 is 0 Å². The van der Waals surface area contributed by atoms with Crippen LogP contribution in [-0.2, 0) is 0 Å². The SMILES string of the molecule is CCC(O)C(=O)c1ccc(-c2ccccc2)cc1. The van der Waals surface area contributed by atoms with Crippen molar-refractivity contribution in [2.45, 2.75) is 19.4 Å². The van der Waals surface area contributed by atoms with Gasteiger partial charge in [-0.1, -0.05) is 61.5 Å². The summed E-state index contributed by atoms with van der Waals surface area (Å²) in [4.78, 5) is 11.8. The molecule has 2 nitrogen and oxygen atoms in total. The predicted octanol–water partition coefficient (Wildman–Crippen LogP) is 3.31. The van der Waals surface area contributed by atoms with Gasteiger partial charge in [-0.2, -0.15) is 0 Å². The summed E-state index contributed by atoms with van der Waals surface area (Å²) in [7, 11) is 0. The number of ketones is 1. The molecule has 0 spiro atoms. The molecule has 0 aliphatic rings. The van der Waals surface area contributed by atoms with Crippen LogP contribution >= 0.6 is 0 Å². The first kappa shape index (κ1) is 12.5. The molecule has 2 aromatic carbocycles. The lowest BCUT2D eigenvalue weighted by Gasteiger charge is -2.07. The molecule has 18 heavy (non-hydrogen) atoms. The van der Waals surface area contributed by atoms with Crippen LogP contribution in [0.1, 0.15) is 23.7 Å². The van der Waals surface area contributed by atoms with Crippen LogP contribution in [0.4, 0.5) is 0 Å². The minimum absolute atomic E-state index is 0.211. The number of rotatable bonds is 4. The van der Waals surface area contributed by atoms with Gasteiger partial charge in [0, 0.05) is 5.56 Å². The molecule has 0 saturated heterocycles. The van der Waals surface area contributed by atoms with Crippen LogP contribution in [0.3, 0.4) is 0 Å². The lowest BCUT2D eigenvalue weighted by atomic mass is 10.00.